The fourth-order valence-corrected chi connectivity index (χ4v) is 3.90. The van der Waals surface area contributed by atoms with Crippen LogP contribution >= 0.6 is 0 Å². The number of aliphatic hydroxyl groups excluding tert-OH is 1. The molecule has 0 fully saturated rings. The molecule has 0 aromatic rings. The van der Waals surface area contributed by atoms with E-state index in [1.165, 1.54) is 5.57 Å². The van der Waals surface area contributed by atoms with Gasteiger partial charge in [-0.2, -0.15) is 0 Å². The summed E-state index contributed by atoms with van der Waals surface area (Å²) in [4.78, 5) is 0. The molecule has 0 spiro atoms. The van der Waals surface area contributed by atoms with E-state index in [9.17, 15) is 5.11 Å². The second-order valence-electron chi connectivity index (χ2n) is 7.76. The summed E-state index contributed by atoms with van der Waals surface area (Å²) in [6.07, 6.45) is 12.2. The van der Waals surface area contributed by atoms with Crippen molar-refractivity contribution < 1.29 is 5.11 Å². The normalized spacial score (nSPS) is 34.7. The molecule has 0 aliphatic heterocycles. The molecule has 0 heterocycles. The molecule has 1 N–H and O–H groups in total. The highest BCUT2D eigenvalue weighted by Gasteiger charge is 2.41. The van der Waals surface area contributed by atoms with Gasteiger partial charge in [0.2, 0.25) is 0 Å². The summed E-state index contributed by atoms with van der Waals surface area (Å²) in [7, 11) is 0. The first-order valence-corrected chi connectivity index (χ1v) is 8.54. The second-order valence-corrected chi connectivity index (χ2v) is 7.76. The molecule has 0 saturated carbocycles. The Morgan fingerprint density at radius 3 is 2.48 bits per heavy atom. The maximum atomic E-state index is 10.6. The van der Waals surface area contributed by atoms with Crippen molar-refractivity contribution in [1.29, 1.82) is 0 Å². The van der Waals surface area contributed by atoms with Crippen LogP contribution in [0.2, 0.25) is 0 Å². The molecule has 2 rings (SSSR count). The van der Waals surface area contributed by atoms with Gasteiger partial charge >= 0.3 is 0 Å². The predicted octanol–water partition coefficient (Wildman–Crippen LogP) is 5.42. The number of allylic oxidation sites excluding steroid dienone is 5. The number of fused-ring (bicyclic) bond motifs is 1. The molecule has 0 aromatic heterocycles. The van der Waals surface area contributed by atoms with Gasteiger partial charge in [0.15, 0.2) is 0 Å². The number of hydrogen-bond acceptors (Lipinski definition) is 1. The van der Waals surface area contributed by atoms with Gasteiger partial charge in [0, 0.05) is 0 Å². The molecule has 1 heteroatoms. The third-order valence-electron chi connectivity index (χ3n) is 5.62. The molecular weight excluding hydrogens is 256 g/mol. The Labute approximate surface area is 130 Å². The Balaban J connectivity index is 2.33. The van der Waals surface area contributed by atoms with Crippen molar-refractivity contribution in [1.82, 2.24) is 0 Å². The fraction of sp³-hybridized carbons (Fsp3) is 0.700. The van der Waals surface area contributed by atoms with Crippen molar-refractivity contribution in [3.05, 3.63) is 34.9 Å². The van der Waals surface area contributed by atoms with Crippen molar-refractivity contribution in [3.8, 4) is 0 Å². The highest BCUT2D eigenvalue weighted by Crippen LogP contribution is 2.50. The average molecular weight is 288 g/mol. The highest BCUT2D eigenvalue weighted by molar-refractivity contribution is 5.24. The van der Waals surface area contributed by atoms with Gasteiger partial charge in [0.25, 0.3) is 0 Å². The zero-order valence-electron chi connectivity index (χ0n) is 14.4. The van der Waals surface area contributed by atoms with Crippen molar-refractivity contribution in [2.45, 2.75) is 72.8 Å². The predicted molar refractivity (Wildman–Crippen MR) is 91.1 cm³/mol. The number of rotatable bonds is 1. The van der Waals surface area contributed by atoms with E-state index in [2.05, 4.69) is 52.8 Å². The number of hydrogen-bond donors (Lipinski definition) is 1. The summed E-state index contributed by atoms with van der Waals surface area (Å²) in [6, 6.07) is 0. The zero-order valence-corrected chi connectivity index (χ0v) is 14.4. The van der Waals surface area contributed by atoms with Crippen LogP contribution in [0.3, 0.4) is 0 Å². The van der Waals surface area contributed by atoms with E-state index in [1.807, 2.05) is 0 Å². The van der Waals surface area contributed by atoms with Gasteiger partial charge in [-0.1, -0.05) is 50.1 Å². The quantitative estimate of drug-likeness (QED) is 0.638. The van der Waals surface area contributed by atoms with Crippen LogP contribution in [-0.4, -0.2) is 11.2 Å². The lowest BCUT2D eigenvalue weighted by Gasteiger charge is -2.35. The van der Waals surface area contributed by atoms with Gasteiger partial charge in [-0.15, -0.1) is 0 Å². The molecule has 3 atom stereocenters. The first-order chi connectivity index (χ1) is 9.83. The Morgan fingerprint density at radius 2 is 1.81 bits per heavy atom. The molecule has 2 aliphatic rings. The van der Waals surface area contributed by atoms with Crippen molar-refractivity contribution in [2.24, 2.45) is 17.3 Å². The lowest BCUT2D eigenvalue weighted by molar-refractivity contribution is 0.132. The van der Waals surface area contributed by atoms with E-state index in [0.717, 1.165) is 37.7 Å². The van der Waals surface area contributed by atoms with Crippen LogP contribution in [-0.2, 0) is 0 Å². The second kappa shape index (κ2) is 6.52. The van der Waals surface area contributed by atoms with Gasteiger partial charge in [-0.05, 0) is 68.8 Å². The molecular formula is C20H32O. The van der Waals surface area contributed by atoms with Crippen LogP contribution in [0.15, 0.2) is 34.9 Å². The largest absolute Gasteiger partial charge is 0.389 e. The molecule has 118 valence electrons. The molecule has 0 aromatic carbocycles. The van der Waals surface area contributed by atoms with Crippen molar-refractivity contribution >= 4 is 0 Å². The molecule has 2 aliphatic carbocycles. The summed E-state index contributed by atoms with van der Waals surface area (Å²) >= 11 is 0. The van der Waals surface area contributed by atoms with Crippen LogP contribution in [0.25, 0.3) is 0 Å². The van der Waals surface area contributed by atoms with Crippen LogP contribution in [0.5, 0.6) is 0 Å². The van der Waals surface area contributed by atoms with Crippen LogP contribution in [0.4, 0.5) is 0 Å². The Hall–Kier alpha value is -0.820. The minimum atomic E-state index is -0.284. The molecule has 3 unspecified atom stereocenters. The standard InChI is InChI=1S/C20H32O/c1-14(2)17-10-12-20(5)11-9-15(3)7-6-8-16(4)19(21)13-18(17)20/h8-10,14,18-19,21H,6-7,11-13H2,1-5H3. The van der Waals surface area contributed by atoms with Gasteiger partial charge in [0.1, 0.15) is 0 Å². The Morgan fingerprint density at radius 1 is 1.14 bits per heavy atom. The lowest BCUT2D eigenvalue weighted by Crippen LogP contribution is -2.29. The van der Waals surface area contributed by atoms with Crippen LogP contribution < -0.4 is 0 Å². The Bertz CT molecular complexity index is 466. The van der Waals surface area contributed by atoms with Crippen LogP contribution in [0, 0.1) is 17.3 Å². The molecule has 0 amide bonds. The first kappa shape index (κ1) is 16.5. The maximum Gasteiger partial charge on any atom is 0.0753 e. The van der Waals surface area contributed by atoms with Gasteiger partial charge < -0.3 is 5.11 Å². The van der Waals surface area contributed by atoms with Gasteiger partial charge in [-0.25, -0.2) is 0 Å². The van der Waals surface area contributed by atoms with Crippen molar-refractivity contribution in [3.63, 3.8) is 0 Å². The summed E-state index contributed by atoms with van der Waals surface area (Å²) < 4.78 is 0. The van der Waals surface area contributed by atoms with E-state index >= 15 is 0 Å². The third-order valence-corrected chi connectivity index (χ3v) is 5.62. The van der Waals surface area contributed by atoms with E-state index in [1.54, 1.807) is 5.57 Å². The van der Waals surface area contributed by atoms with Crippen molar-refractivity contribution in [2.75, 3.05) is 0 Å². The van der Waals surface area contributed by atoms with E-state index in [4.69, 9.17) is 0 Å². The fourth-order valence-electron chi connectivity index (χ4n) is 3.90. The summed E-state index contributed by atoms with van der Waals surface area (Å²) in [6.45, 7) is 11.3. The Kier molecular flexibility index (Phi) is 5.14. The molecule has 21 heavy (non-hydrogen) atoms. The highest BCUT2D eigenvalue weighted by atomic mass is 16.3. The molecule has 1 nitrogen and oxygen atoms in total. The van der Waals surface area contributed by atoms with Gasteiger partial charge in [-0.3, -0.25) is 0 Å². The summed E-state index contributed by atoms with van der Waals surface area (Å²) in [5, 5.41) is 10.6. The summed E-state index contributed by atoms with van der Waals surface area (Å²) in [5.74, 6) is 1.10. The minimum Gasteiger partial charge on any atom is -0.389 e. The minimum absolute atomic E-state index is 0.284. The van der Waals surface area contributed by atoms with Crippen LogP contribution in [0.1, 0.15) is 66.7 Å². The lowest BCUT2D eigenvalue weighted by atomic mass is 9.69. The zero-order chi connectivity index (χ0) is 15.6. The molecule has 0 saturated heterocycles. The van der Waals surface area contributed by atoms with E-state index in [-0.39, 0.29) is 11.5 Å². The molecule has 0 radical (unpaired) electrons. The number of aliphatic hydroxyl groups is 1. The van der Waals surface area contributed by atoms with Gasteiger partial charge in [0.05, 0.1) is 6.10 Å². The SMILES string of the molecule is CC1=CCC2(C)CC=C(C(C)C)C2CC(O)C(C)=CCC1. The monoisotopic (exact) mass is 288 g/mol. The average Bonchev–Trinajstić information content (AvgIpc) is 2.73. The van der Waals surface area contributed by atoms with E-state index in [0.29, 0.717) is 11.8 Å². The summed E-state index contributed by atoms with van der Waals surface area (Å²) in [5.41, 5.74) is 4.50. The molecule has 0 bridgehead atoms. The maximum absolute atomic E-state index is 10.6. The third kappa shape index (κ3) is 3.69. The smallest absolute Gasteiger partial charge is 0.0753 e. The van der Waals surface area contributed by atoms with E-state index < -0.39 is 0 Å². The first-order valence-electron chi connectivity index (χ1n) is 8.54. The topological polar surface area (TPSA) is 20.2 Å².